The summed E-state index contributed by atoms with van der Waals surface area (Å²) in [6.07, 6.45) is 1.78. The van der Waals surface area contributed by atoms with Crippen LogP contribution in [-0.4, -0.2) is 18.7 Å². The normalized spacial score (nSPS) is 10.9. The Balaban J connectivity index is 1.59. The third kappa shape index (κ3) is 6.03. The molecule has 0 spiro atoms. The Bertz CT molecular complexity index is 1060. The van der Waals surface area contributed by atoms with Crippen LogP contribution in [0.15, 0.2) is 70.1 Å². The van der Waals surface area contributed by atoms with Crippen LogP contribution in [0.4, 0.5) is 11.4 Å². The number of nitrogens with zero attached hydrogens (tertiary/aromatic N) is 1. The van der Waals surface area contributed by atoms with E-state index >= 15 is 0 Å². The summed E-state index contributed by atoms with van der Waals surface area (Å²) in [7, 11) is 0. The lowest BCUT2D eigenvalue weighted by molar-refractivity contribution is -0.118. The molecule has 0 saturated carbocycles. The summed E-state index contributed by atoms with van der Waals surface area (Å²) in [6, 6.07) is 19.3. The van der Waals surface area contributed by atoms with Crippen LogP contribution in [0.3, 0.4) is 0 Å². The molecule has 4 nitrogen and oxygen atoms in total. The van der Waals surface area contributed by atoms with Crippen molar-refractivity contribution in [2.75, 3.05) is 11.9 Å². The molecule has 0 heterocycles. The van der Waals surface area contributed by atoms with Crippen molar-refractivity contribution in [2.45, 2.75) is 20.8 Å². The summed E-state index contributed by atoms with van der Waals surface area (Å²) in [5.74, 6) is 0.425. The summed E-state index contributed by atoms with van der Waals surface area (Å²) in [5.41, 5.74) is 6.01. The first-order chi connectivity index (χ1) is 13.9. The smallest absolute Gasteiger partial charge is 0.262 e. The lowest BCUT2D eigenvalue weighted by atomic mass is 10.1. The molecule has 0 saturated heterocycles. The van der Waals surface area contributed by atoms with Crippen LogP contribution in [-0.2, 0) is 4.79 Å². The fourth-order valence-corrected chi connectivity index (χ4v) is 2.95. The highest BCUT2D eigenvalue weighted by Crippen LogP contribution is 2.22. The van der Waals surface area contributed by atoms with Crippen molar-refractivity contribution in [3.8, 4) is 5.75 Å². The van der Waals surface area contributed by atoms with Gasteiger partial charge in [0.25, 0.3) is 5.91 Å². The fraction of sp³-hybridized carbons (Fsp3) is 0.167. The van der Waals surface area contributed by atoms with Gasteiger partial charge in [-0.2, -0.15) is 0 Å². The summed E-state index contributed by atoms with van der Waals surface area (Å²) in [5, 5.41) is 2.86. The van der Waals surface area contributed by atoms with Crippen LogP contribution in [0.5, 0.6) is 5.75 Å². The molecule has 1 N–H and O–H groups in total. The molecule has 3 aromatic rings. The van der Waals surface area contributed by atoms with Crippen LogP contribution in [0.1, 0.15) is 22.3 Å². The number of hydrogen-bond acceptors (Lipinski definition) is 3. The Kier molecular flexibility index (Phi) is 6.83. The van der Waals surface area contributed by atoms with Crippen molar-refractivity contribution in [1.29, 1.82) is 0 Å². The molecular weight excluding hydrogens is 428 g/mol. The molecule has 0 aliphatic heterocycles. The topological polar surface area (TPSA) is 50.7 Å². The highest BCUT2D eigenvalue weighted by Gasteiger charge is 2.05. The number of halogens is 1. The highest BCUT2D eigenvalue weighted by molar-refractivity contribution is 9.10. The van der Waals surface area contributed by atoms with Crippen molar-refractivity contribution in [2.24, 2.45) is 4.99 Å². The van der Waals surface area contributed by atoms with Crippen molar-refractivity contribution >= 4 is 39.4 Å². The maximum absolute atomic E-state index is 12.2. The minimum Gasteiger partial charge on any atom is -0.484 e. The van der Waals surface area contributed by atoms with Crippen LogP contribution in [0.25, 0.3) is 0 Å². The maximum Gasteiger partial charge on any atom is 0.262 e. The summed E-state index contributed by atoms with van der Waals surface area (Å²) in [4.78, 5) is 16.7. The molecular formula is C24H23BrN2O2. The number of aryl methyl sites for hydroxylation is 3. The van der Waals surface area contributed by atoms with Crippen molar-refractivity contribution in [1.82, 2.24) is 0 Å². The van der Waals surface area contributed by atoms with Gasteiger partial charge in [0.15, 0.2) is 6.61 Å². The zero-order chi connectivity index (χ0) is 20.8. The molecule has 3 rings (SSSR count). The first-order valence-electron chi connectivity index (χ1n) is 9.31. The molecule has 0 aliphatic carbocycles. The van der Waals surface area contributed by atoms with Gasteiger partial charge in [-0.05, 0) is 85.5 Å². The molecule has 0 bridgehead atoms. The SMILES string of the molecule is Cc1ccc(NC(=O)COc2cccc(C=Nc3ccc(Br)c(C)c3)c2)cc1C. The summed E-state index contributed by atoms with van der Waals surface area (Å²) in [6.45, 7) is 6.03. The first-order valence-corrected chi connectivity index (χ1v) is 10.1. The van der Waals surface area contributed by atoms with E-state index in [1.54, 1.807) is 6.21 Å². The Labute approximate surface area is 179 Å². The van der Waals surface area contributed by atoms with Gasteiger partial charge in [-0.1, -0.05) is 34.1 Å². The largest absolute Gasteiger partial charge is 0.484 e. The second-order valence-electron chi connectivity index (χ2n) is 6.90. The summed E-state index contributed by atoms with van der Waals surface area (Å²) >= 11 is 3.49. The number of amides is 1. The predicted octanol–water partition coefficient (Wildman–Crippen LogP) is 6.14. The van der Waals surface area contributed by atoms with Crippen LogP contribution < -0.4 is 10.1 Å². The average molecular weight is 451 g/mol. The maximum atomic E-state index is 12.2. The van der Waals surface area contributed by atoms with Crippen molar-refractivity contribution in [3.05, 3.63) is 87.4 Å². The monoisotopic (exact) mass is 450 g/mol. The number of hydrogen-bond donors (Lipinski definition) is 1. The van der Waals surface area contributed by atoms with Crippen molar-refractivity contribution < 1.29 is 9.53 Å². The van der Waals surface area contributed by atoms with E-state index in [0.717, 1.165) is 32.5 Å². The minimum atomic E-state index is -0.197. The third-order valence-electron chi connectivity index (χ3n) is 4.52. The van der Waals surface area contributed by atoms with E-state index in [1.165, 1.54) is 5.56 Å². The van der Waals surface area contributed by atoms with Crippen molar-refractivity contribution in [3.63, 3.8) is 0 Å². The predicted molar refractivity (Wildman–Crippen MR) is 123 cm³/mol. The molecule has 29 heavy (non-hydrogen) atoms. The molecule has 1 amide bonds. The van der Waals surface area contributed by atoms with Crippen LogP contribution >= 0.6 is 15.9 Å². The van der Waals surface area contributed by atoms with E-state index in [1.807, 2.05) is 81.4 Å². The van der Waals surface area contributed by atoms with E-state index in [-0.39, 0.29) is 12.5 Å². The molecule has 0 aromatic heterocycles. The molecule has 3 aromatic carbocycles. The molecule has 0 fully saturated rings. The van der Waals surface area contributed by atoms with E-state index in [2.05, 4.69) is 26.2 Å². The van der Waals surface area contributed by atoms with Crippen LogP contribution in [0.2, 0.25) is 0 Å². The molecule has 0 aliphatic rings. The van der Waals surface area contributed by atoms with E-state index in [9.17, 15) is 4.79 Å². The van der Waals surface area contributed by atoms with Gasteiger partial charge in [0, 0.05) is 16.4 Å². The number of ether oxygens (including phenoxy) is 1. The quantitative estimate of drug-likeness (QED) is 0.458. The molecule has 0 radical (unpaired) electrons. The fourth-order valence-electron chi connectivity index (χ4n) is 2.71. The summed E-state index contributed by atoms with van der Waals surface area (Å²) < 4.78 is 6.70. The number of anilines is 1. The van der Waals surface area contributed by atoms with Gasteiger partial charge in [0.2, 0.25) is 0 Å². The lowest BCUT2D eigenvalue weighted by Crippen LogP contribution is -2.20. The second-order valence-corrected chi connectivity index (χ2v) is 7.75. The minimum absolute atomic E-state index is 0.0561. The zero-order valence-corrected chi connectivity index (χ0v) is 18.3. The Hall–Kier alpha value is -2.92. The third-order valence-corrected chi connectivity index (χ3v) is 5.41. The van der Waals surface area contributed by atoms with Gasteiger partial charge in [0.1, 0.15) is 5.75 Å². The van der Waals surface area contributed by atoms with E-state index in [4.69, 9.17) is 4.74 Å². The van der Waals surface area contributed by atoms with Gasteiger partial charge in [-0.3, -0.25) is 9.79 Å². The van der Waals surface area contributed by atoms with Gasteiger partial charge in [-0.15, -0.1) is 0 Å². The van der Waals surface area contributed by atoms with E-state index < -0.39 is 0 Å². The average Bonchev–Trinajstić information content (AvgIpc) is 2.70. The molecule has 0 unspecified atom stereocenters. The number of nitrogens with one attached hydrogen (secondary N) is 1. The van der Waals surface area contributed by atoms with Crippen LogP contribution in [0, 0.1) is 20.8 Å². The van der Waals surface area contributed by atoms with Gasteiger partial charge in [0.05, 0.1) is 5.69 Å². The number of carbonyl (C=O) groups excluding carboxylic acids is 1. The van der Waals surface area contributed by atoms with Gasteiger partial charge >= 0.3 is 0 Å². The highest BCUT2D eigenvalue weighted by atomic mass is 79.9. The Morgan fingerprint density at radius 3 is 2.59 bits per heavy atom. The second kappa shape index (κ2) is 9.52. The van der Waals surface area contributed by atoms with Gasteiger partial charge in [-0.25, -0.2) is 0 Å². The molecule has 148 valence electrons. The zero-order valence-electron chi connectivity index (χ0n) is 16.7. The lowest BCUT2D eigenvalue weighted by Gasteiger charge is -2.09. The standard InChI is InChI=1S/C24H23BrN2O2/c1-16-7-8-21(11-17(16)2)27-24(28)15-29-22-6-4-5-19(13-22)14-26-20-9-10-23(25)18(3)12-20/h4-14H,15H2,1-3H3,(H,27,28). The molecule has 5 heteroatoms. The molecule has 0 atom stereocenters. The number of rotatable bonds is 6. The number of carbonyl (C=O) groups is 1. The van der Waals surface area contributed by atoms with E-state index in [0.29, 0.717) is 5.75 Å². The number of benzene rings is 3. The Morgan fingerprint density at radius 2 is 1.83 bits per heavy atom. The Morgan fingerprint density at radius 1 is 1.00 bits per heavy atom. The van der Waals surface area contributed by atoms with Gasteiger partial charge < -0.3 is 10.1 Å². The first kappa shape index (κ1) is 20.8. The number of aliphatic imine (C=N–C) groups is 1.